The van der Waals surface area contributed by atoms with Crippen LogP contribution in [0.5, 0.6) is 0 Å². The number of Topliss-reactive ketones (excluding diaryl/α,β-unsaturated/α-hetero) is 1. The Labute approximate surface area is 215 Å². The number of benzene rings is 2. The number of hydrogen-bond donors (Lipinski definition) is 6. The standard InChI is InChI=1S/C26H31BN4O6/c1-26(2,3)31-22(32)12-11-21(24(34)29-14-16-7-6-8-17(13-16)27(36)37)30-25(35)23(33)19-15-28-20-10-5-4-9-18(19)20/h4-10,13,15,21,28,36-37H,11-12,14H2,1-3H3,(H,29,34)(H,30,35)(H,31,32)/t21-/m0/s1. The number of amides is 3. The van der Waals surface area contributed by atoms with E-state index in [0.29, 0.717) is 16.5 Å². The molecule has 0 bridgehead atoms. The van der Waals surface area contributed by atoms with Crippen LogP contribution in [0.25, 0.3) is 10.9 Å². The molecular formula is C26H31BN4O6. The third kappa shape index (κ3) is 7.76. The second kappa shape index (κ2) is 11.9. The number of fused-ring (bicyclic) bond motifs is 1. The highest BCUT2D eigenvalue weighted by Crippen LogP contribution is 2.18. The number of carbonyl (C=O) groups is 4. The monoisotopic (exact) mass is 506 g/mol. The number of aromatic nitrogens is 1. The maximum atomic E-state index is 13.0. The summed E-state index contributed by atoms with van der Waals surface area (Å²) in [7, 11) is -1.65. The van der Waals surface area contributed by atoms with Crippen molar-refractivity contribution in [1.82, 2.24) is 20.9 Å². The van der Waals surface area contributed by atoms with Gasteiger partial charge in [0.15, 0.2) is 0 Å². The lowest BCUT2D eigenvalue weighted by Crippen LogP contribution is -2.49. The Bertz CT molecular complexity index is 1300. The first-order valence-corrected chi connectivity index (χ1v) is 11.9. The van der Waals surface area contributed by atoms with Crippen molar-refractivity contribution < 1.29 is 29.2 Å². The molecule has 6 N–H and O–H groups in total. The van der Waals surface area contributed by atoms with Gasteiger partial charge >= 0.3 is 7.12 Å². The van der Waals surface area contributed by atoms with E-state index in [2.05, 4.69) is 20.9 Å². The Morgan fingerprint density at radius 1 is 1.03 bits per heavy atom. The molecule has 3 aromatic rings. The Morgan fingerprint density at radius 2 is 1.76 bits per heavy atom. The highest BCUT2D eigenvalue weighted by molar-refractivity contribution is 6.58. The van der Waals surface area contributed by atoms with Gasteiger partial charge in [-0.2, -0.15) is 0 Å². The van der Waals surface area contributed by atoms with E-state index in [4.69, 9.17) is 0 Å². The van der Waals surface area contributed by atoms with Crippen LogP contribution in [0, 0.1) is 0 Å². The van der Waals surface area contributed by atoms with Crippen molar-refractivity contribution in [3.05, 3.63) is 65.9 Å². The number of carbonyl (C=O) groups excluding carboxylic acids is 4. The molecule has 1 atom stereocenters. The Hall–Kier alpha value is -3.96. The second-order valence-electron chi connectivity index (χ2n) is 9.78. The molecule has 0 unspecified atom stereocenters. The quantitative estimate of drug-likeness (QED) is 0.134. The molecule has 2 aromatic carbocycles. The van der Waals surface area contributed by atoms with Crippen molar-refractivity contribution in [1.29, 1.82) is 0 Å². The molecule has 3 rings (SSSR count). The van der Waals surface area contributed by atoms with Crippen LogP contribution >= 0.6 is 0 Å². The van der Waals surface area contributed by atoms with E-state index in [0.717, 1.165) is 0 Å². The molecule has 194 valence electrons. The van der Waals surface area contributed by atoms with Gasteiger partial charge in [-0.15, -0.1) is 0 Å². The molecule has 10 nitrogen and oxygen atoms in total. The molecule has 0 aliphatic carbocycles. The van der Waals surface area contributed by atoms with Crippen molar-refractivity contribution >= 4 is 47.0 Å². The van der Waals surface area contributed by atoms with E-state index in [1.807, 2.05) is 20.8 Å². The first kappa shape index (κ1) is 27.6. The molecule has 0 spiro atoms. The number of aromatic amines is 1. The molecule has 0 saturated heterocycles. The van der Waals surface area contributed by atoms with E-state index >= 15 is 0 Å². The summed E-state index contributed by atoms with van der Waals surface area (Å²) in [5.74, 6) is -2.66. The van der Waals surface area contributed by atoms with Gasteiger partial charge in [-0.25, -0.2) is 0 Å². The second-order valence-corrected chi connectivity index (χ2v) is 9.78. The third-order valence-electron chi connectivity index (χ3n) is 5.55. The minimum absolute atomic E-state index is 0.0317. The smallest absolute Gasteiger partial charge is 0.423 e. The van der Waals surface area contributed by atoms with Crippen molar-refractivity contribution in [2.24, 2.45) is 0 Å². The summed E-state index contributed by atoms with van der Waals surface area (Å²) in [5.41, 5.74) is 1.27. The van der Waals surface area contributed by atoms with Gasteiger partial charge in [0.25, 0.3) is 11.7 Å². The van der Waals surface area contributed by atoms with E-state index < -0.39 is 36.3 Å². The zero-order valence-electron chi connectivity index (χ0n) is 21.0. The fourth-order valence-corrected chi connectivity index (χ4v) is 3.81. The van der Waals surface area contributed by atoms with Gasteiger partial charge in [-0.05, 0) is 44.3 Å². The zero-order valence-corrected chi connectivity index (χ0v) is 21.0. The van der Waals surface area contributed by atoms with Gasteiger partial charge < -0.3 is 31.0 Å². The minimum atomic E-state index is -1.65. The van der Waals surface area contributed by atoms with Gasteiger partial charge in [0, 0.05) is 35.6 Å². The predicted molar refractivity (Wildman–Crippen MR) is 140 cm³/mol. The molecule has 1 aromatic heterocycles. The van der Waals surface area contributed by atoms with Gasteiger partial charge in [0.05, 0.1) is 5.56 Å². The first-order valence-electron chi connectivity index (χ1n) is 11.9. The number of nitrogens with one attached hydrogen (secondary N) is 4. The van der Waals surface area contributed by atoms with Gasteiger partial charge in [0.1, 0.15) is 6.04 Å². The molecule has 0 aliphatic heterocycles. The summed E-state index contributed by atoms with van der Waals surface area (Å²) in [4.78, 5) is 54.1. The molecule has 0 aliphatic rings. The van der Waals surface area contributed by atoms with Crippen molar-refractivity contribution in [2.75, 3.05) is 0 Å². The maximum absolute atomic E-state index is 13.0. The van der Waals surface area contributed by atoms with Crippen LogP contribution in [0.1, 0.15) is 49.5 Å². The summed E-state index contributed by atoms with van der Waals surface area (Å²) in [6.45, 7) is 5.52. The normalized spacial score (nSPS) is 12.0. The maximum Gasteiger partial charge on any atom is 0.488 e. The fraction of sp³-hybridized carbons (Fsp3) is 0.308. The third-order valence-corrected chi connectivity index (χ3v) is 5.55. The SMILES string of the molecule is CC(C)(C)NC(=O)CC[C@H](NC(=O)C(=O)c1c[nH]c2ccccc12)C(=O)NCc1cccc(B(O)O)c1. The largest absolute Gasteiger partial charge is 0.488 e. The van der Waals surface area contributed by atoms with E-state index in [-0.39, 0.29) is 36.3 Å². The Balaban J connectivity index is 1.72. The zero-order chi connectivity index (χ0) is 27.2. The van der Waals surface area contributed by atoms with Crippen molar-refractivity contribution in [3.8, 4) is 0 Å². The van der Waals surface area contributed by atoms with Gasteiger partial charge in [-0.3, -0.25) is 19.2 Å². The molecule has 37 heavy (non-hydrogen) atoms. The van der Waals surface area contributed by atoms with E-state index in [1.165, 1.54) is 18.3 Å². The molecule has 0 radical (unpaired) electrons. The van der Waals surface area contributed by atoms with Crippen molar-refractivity contribution in [3.63, 3.8) is 0 Å². The number of para-hydroxylation sites is 1. The summed E-state index contributed by atoms with van der Waals surface area (Å²) < 4.78 is 0. The van der Waals surface area contributed by atoms with Crippen LogP contribution in [0.4, 0.5) is 0 Å². The minimum Gasteiger partial charge on any atom is -0.423 e. The number of hydrogen-bond acceptors (Lipinski definition) is 6. The summed E-state index contributed by atoms with van der Waals surface area (Å²) in [6.07, 6.45) is 1.36. The molecule has 0 saturated carbocycles. The molecule has 3 amide bonds. The van der Waals surface area contributed by atoms with Crippen LogP contribution < -0.4 is 21.4 Å². The highest BCUT2D eigenvalue weighted by Gasteiger charge is 2.27. The van der Waals surface area contributed by atoms with Crippen LogP contribution in [0.2, 0.25) is 0 Å². The fourth-order valence-electron chi connectivity index (χ4n) is 3.81. The molecule has 0 fully saturated rings. The van der Waals surface area contributed by atoms with Crippen LogP contribution in [0.3, 0.4) is 0 Å². The van der Waals surface area contributed by atoms with Crippen molar-refractivity contribution in [2.45, 2.75) is 51.7 Å². The Morgan fingerprint density at radius 3 is 2.46 bits per heavy atom. The summed E-state index contributed by atoms with van der Waals surface area (Å²) >= 11 is 0. The van der Waals surface area contributed by atoms with Crippen LogP contribution in [-0.4, -0.2) is 57.2 Å². The highest BCUT2D eigenvalue weighted by atomic mass is 16.4. The Kier molecular flexibility index (Phi) is 8.85. The van der Waals surface area contributed by atoms with Crippen LogP contribution in [-0.2, 0) is 20.9 Å². The number of ketones is 1. The van der Waals surface area contributed by atoms with Gasteiger partial charge in [0.2, 0.25) is 11.8 Å². The van der Waals surface area contributed by atoms with Crippen LogP contribution in [0.15, 0.2) is 54.7 Å². The summed E-state index contributed by atoms with van der Waals surface area (Å²) in [6, 6.07) is 12.2. The van der Waals surface area contributed by atoms with E-state index in [1.54, 1.807) is 36.4 Å². The first-order chi connectivity index (χ1) is 17.4. The average Bonchev–Trinajstić information content (AvgIpc) is 3.27. The lowest BCUT2D eigenvalue weighted by atomic mass is 9.79. The topological polar surface area (TPSA) is 161 Å². The number of rotatable bonds is 10. The summed E-state index contributed by atoms with van der Waals surface area (Å²) in [5, 5.41) is 27.3. The molecular weight excluding hydrogens is 475 g/mol. The predicted octanol–water partition coefficient (Wildman–Crippen LogP) is 0.527. The van der Waals surface area contributed by atoms with Gasteiger partial charge in [-0.1, -0.05) is 42.5 Å². The number of H-pyrrole nitrogens is 1. The lowest BCUT2D eigenvalue weighted by molar-refractivity contribution is -0.128. The lowest BCUT2D eigenvalue weighted by Gasteiger charge is -2.22. The van der Waals surface area contributed by atoms with E-state index in [9.17, 15) is 29.2 Å². The molecule has 1 heterocycles. The average molecular weight is 506 g/mol. The molecule has 11 heteroatoms.